The van der Waals surface area contributed by atoms with Gasteiger partial charge in [-0.2, -0.15) is 0 Å². The average molecular weight is 361 g/mol. The van der Waals surface area contributed by atoms with Crippen molar-refractivity contribution in [1.29, 1.82) is 0 Å². The maximum absolute atomic E-state index is 12.4. The lowest BCUT2D eigenvalue weighted by molar-refractivity contribution is 0.0950. The summed E-state index contributed by atoms with van der Waals surface area (Å²) in [6, 6.07) is 17.4. The minimum Gasteiger partial charge on any atom is -0.493 e. The zero-order valence-electron chi connectivity index (χ0n) is 15.6. The summed E-state index contributed by atoms with van der Waals surface area (Å²) in [5, 5.41) is 2.90. The first kappa shape index (κ1) is 18.6. The Balaban J connectivity index is 1.63. The van der Waals surface area contributed by atoms with Crippen LogP contribution in [0.2, 0.25) is 0 Å². The van der Waals surface area contributed by atoms with E-state index in [1.54, 1.807) is 12.4 Å². The lowest BCUT2D eigenvalue weighted by Crippen LogP contribution is -2.23. The molecule has 0 spiro atoms. The number of carbonyl (C=O) groups is 1. The highest BCUT2D eigenvalue weighted by Gasteiger charge is 2.10. The highest BCUT2D eigenvalue weighted by Crippen LogP contribution is 2.19. The maximum atomic E-state index is 12.4. The number of nitrogens with zero attached hydrogens (tertiary/aromatic N) is 2. The van der Waals surface area contributed by atoms with Gasteiger partial charge >= 0.3 is 0 Å². The summed E-state index contributed by atoms with van der Waals surface area (Å²) in [7, 11) is 0. The molecule has 0 aliphatic carbocycles. The normalized spacial score (nSPS) is 10.6. The number of hydrogen-bond acceptors (Lipinski definition) is 4. The van der Waals surface area contributed by atoms with E-state index in [0.29, 0.717) is 30.5 Å². The van der Waals surface area contributed by atoms with Crippen molar-refractivity contribution in [2.45, 2.75) is 20.4 Å². The van der Waals surface area contributed by atoms with E-state index in [1.165, 1.54) is 0 Å². The molecule has 1 heterocycles. The van der Waals surface area contributed by atoms with Gasteiger partial charge in [0.15, 0.2) is 5.82 Å². The Hall–Kier alpha value is -3.21. The van der Waals surface area contributed by atoms with Crippen LogP contribution in [0.25, 0.3) is 11.4 Å². The third-order valence-electron chi connectivity index (χ3n) is 3.93. The van der Waals surface area contributed by atoms with Gasteiger partial charge in [0.25, 0.3) is 5.91 Å². The van der Waals surface area contributed by atoms with Crippen LogP contribution in [0.5, 0.6) is 5.75 Å². The van der Waals surface area contributed by atoms with Gasteiger partial charge in [0.2, 0.25) is 0 Å². The minimum atomic E-state index is -0.215. The quantitative estimate of drug-likeness (QED) is 0.688. The number of hydrogen-bond donors (Lipinski definition) is 1. The topological polar surface area (TPSA) is 64.1 Å². The van der Waals surface area contributed by atoms with Crippen molar-refractivity contribution in [2.75, 3.05) is 6.61 Å². The molecule has 1 amide bonds. The Morgan fingerprint density at radius 2 is 1.67 bits per heavy atom. The number of para-hydroxylation sites is 1. The van der Waals surface area contributed by atoms with Crippen molar-refractivity contribution >= 4 is 5.91 Å². The van der Waals surface area contributed by atoms with Crippen LogP contribution in [-0.4, -0.2) is 22.5 Å². The van der Waals surface area contributed by atoms with Crippen LogP contribution in [0.15, 0.2) is 67.0 Å². The van der Waals surface area contributed by atoms with Crippen molar-refractivity contribution in [2.24, 2.45) is 5.92 Å². The fraction of sp³-hybridized carbons (Fsp3) is 0.227. The van der Waals surface area contributed by atoms with Crippen LogP contribution in [-0.2, 0) is 6.54 Å². The molecule has 0 bridgehead atoms. The first-order chi connectivity index (χ1) is 13.1. The average Bonchev–Trinajstić information content (AvgIpc) is 2.72. The summed E-state index contributed by atoms with van der Waals surface area (Å²) in [5.74, 6) is 1.61. The molecule has 3 rings (SSSR count). The van der Waals surface area contributed by atoms with Crippen molar-refractivity contribution in [3.63, 3.8) is 0 Å². The second kappa shape index (κ2) is 8.94. The van der Waals surface area contributed by atoms with Gasteiger partial charge in [0.1, 0.15) is 5.75 Å². The number of rotatable bonds is 7. The van der Waals surface area contributed by atoms with Gasteiger partial charge in [-0.1, -0.05) is 62.4 Å². The highest BCUT2D eigenvalue weighted by atomic mass is 16.5. The summed E-state index contributed by atoms with van der Waals surface area (Å²) in [5.41, 5.74) is 2.28. The van der Waals surface area contributed by atoms with Crippen LogP contribution < -0.4 is 10.1 Å². The molecule has 0 saturated heterocycles. The Labute approximate surface area is 159 Å². The third kappa shape index (κ3) is 5.14. The van der Waals surface area contributed by atoms with E-state index < -0.39 is 0 Å². The molecule has 27 heavy (non-hydrogen) atoms. The molecule has 138 valence electrons. The molecule has 0 aliphatic heterocycles. The molecular formula is C22H23N3O2. The number of amides is 1. The second-order valence-corrected chi connectivity index (χ2v) is 6.66. The van der Waals surface area contributed by atoms with Gasteiger partial charge < -0.3 is 10.1 Å². The summed E-state index contributed by atoms with van der Waals surface area (Å²) in [4.78, 5) is 21.0. The van der Waals surface area contributed by atoms with Crippen LogP contribution in [0.4, 0.5) is 0 Å². The Morgan fingerprint density at radius 3 is 2.37 bits per heavy atom. The van der Waals surface area contributed by atoms with Gasteiger partial charge in [0, 0.05) is 30.1 Å². The summed E-state index contributed by atoms with van der Waals surface area (Å²) < 4.78 is 5.83. The van der Waals surface area contributed by atoms with Gasteiger partial charge in [-0.25, -0.2) is 9.97 Å². The summed E-state index contributed by atoms with van der Waals surface area (Å²) in [6.07, 6.45) is 3.09. The SMILES string of the molecule is CC(C)COc1ccccc1CNC(=O)c1cnc(-c2ccccc2)nc1. The van der Waals surface area contributed by atoms with Crippen LogP contribution >= 0.6 is 0 Å². The molecule has 0 fully saturated rings. The summed E-state index contributed by atoms with van der Waals surface area (Å²) >= 11 is 0. The number of nitrogens with one attached hydrogen (secondary N) is 1. The predicted molar refractivity (Wildman–Crippen MR) is 105 cm³/mol. The molecule has 0 saturated carbocycles. The van der Waals surface area contributed by atoms with E-state index in [4.69, 9.17) is 4.74 Å². The van der Waals surface area contributed by atoms with Crippen LogP contribution in [0, 0.1) is 5.92 Å². The van der Waals surface area contributed by atoms with E-state index in [2.05, 4.69) is 29.1 Å². The lowest BCUT2D eigenvalue weighted by atomic mass is 10.2. The van der Waals surface area contributed by atoms with Gasteiger partial charge in [-0.3, -0.25) is 4.79 Å². The van der Waals surface area contributed by atoms with Gasteiger partial charge in [-0.15, -0.1) is 0 Å². The monoisotopic (exact) mass is 361 g/mol. The Morgan fingerprint density at radius 1 is 1.00 bits per heavy atom. The first-order valence-electron chi connectivity index (χ1n) is 9.00. The Kier molecular flexibility index (Phi) is 6.15. The third-order valence-corrected chi connectivity index (χ3v) is 3.93. The van der Waals surface area contributed by atoms with E-state index in [0.717, 1.165) is 16.9 Å². The molecule has 5 nitrogen and oxygen atoms in total. The number of benzene rings is 2. The number of ether oxygens (including phenoxy) is 1. The van der Waals surface area contributed by atoms with E-state index >= 15 is 0 Å². The fourth-order valence-electron chi connectivity index (χ4n) is 2.51. The highest BCUT2D eigenvalue weighted by molar-refractivity contribution is 5.93. The van der Waals surface area contributed by atoms with Crippen LogP contribution in [0.1, 0.15) is 29.8 Å². The van der Waals surface area contributed by atoms with E-state index in [-0.39, 0.29) is 5.91 Å². The summed E-state index contributed by atoms with van der Waals surface area (Å²) in [6.45, 7) is 5.22. The number of carbonyl (C=O) groups excluding carboxylic acids is 1. The molecule has 2 aromatic carbocycles. The van der Waals surface area contributed by atoms with E-state index in [1.807, 2.05) is 54.6 Å². The molecule has 0 atom stereocenters. The molecule has 0 aliphatic rings. The molecule has 0 unspecified atom stereocenters. The van der Waals surface area contributed by atoms with Crippen LogP contribution in [0.3, 0.4) is 0 Å². The van der Waals surface area contributed by atoms with Gasteiger partial charge in [-0.05, 0) is 12.0 Å². The molecule has 5 heteroatoms. The largest absolute Gasteiger partial charge is 0.493 e. The first-order valence-corrected chi connectivity index (χ1v) is 9.00. The van der Waals surface area contributed by atoms with Crippen molar-refractivity contribution in [1.82, 2.24) is 15.3 Å². The van der Waals surface area contributed by atoms with E-state index in [9.17, 15) is 4.79 Å². The molecule has 3 aromatic rings. The van der Waals surface area contributed by atoms with Crippen molar-refractivity contribution < 1.29 is 9.53 Å². The Bertz CT molecular complexity index is 878. The molecular weight excluding hydrogens is 338 g/mol. The zero-order chi connectivity index (χ0) is 19.1. The van der Waals surface area contributed by atoms with Crippen molar-refractivity contribution in [3.8, 4) is 17.1 Å². The minimum absolute atomic E-state index is 0.215. The molecule has 1 aromatic heterocycles. The maximum Gasteiger partial charge on any atom is 0.254 e. The molecule has 1 N–H and O–H groups in total. The van der Waals surface area contributed by atoms with Gasteiger partial charge in [0.05, 0.1) is 12.2 Å². The number of aromatic nitrogens is 2. The zero-order valence-corrected chi connectivity index (χ0v) is 15.6. The predicted octanol–water partition coefficient (Wildman–Crippen LogP) is 4.11. The van der Waals surface area contributed by atoms with Crippen molar-refractivity contribution in [3.05, 3.63) is 78.1 Å². The second-order valence-electron chi connectivity index (χ2n) is 6.66. The fourth-order valence-corrected chi connectivity index (χ4v) is 2.51. The smallest absolute Gasteiger partial charge is 0.254 e. The lowest BCUT2D eigenvalue weighted by Gasteiger charge is -2.13. The molecule has 0 radical (unpaired) electrons. The standard InChI is InChI=1S/C22H23N3O2/c1-16(2)15-27-20-11-7-6-10-18(20)12-25-22(26)19-13-23-21(24-14-19)17-8-4-3-5-9-17/h3-11,13-14,16H,12,15H2,1-2H3,(H,25,26).